The van der Waals surface area contributed by atoms with E-state index in [1.165, 1.54) is 0 Å². The number of carbonyl (C=O) groups excluding carboxylic acids is 1. The normalized spacial score (nSPS) is 17.8. The molecule has 0 spiro atoms. The van der Waals surface area contributed by atoms with E-state index >= 15 is 0 Å². The fourth-order valence-corrected chi connectivity index (χ4v) is 2.75. The van der Waals surface area contributed by atoms with Crippen LogP contribution in [0.3, 0.4) is 0 Å². The van der Waals surface area contributed by atoms with Crippen LogP contribution in [0.4, 0.5) is 0 Å². The number of fused-ring (bicyclic) bond motifs is 1. The Morgan fingerprint density at radius 2 is 2.40 bits per heavy atom. The van der Waals surface area contributed by atoms with Crippen LogP contribution in [0.25, 0.3) is 0 Å². The highest BCUT2D eigenvalue weighted by Gasteiger charge is 2.24. The summed E-state index contributed by atoms with van der Waals surface area (Å²) in [5.74, 6) is 0.171. The van der Waals surface area contributed by atoms with Gasteiger partial charge < -0.3 is 9.88 Å². The number of aromatic amines is 1. The number of nitrogens with zero attached hydrogens (tertiary/aromatic N) is 3. The van der Waals surface area contributed by atoms with E-state index < -0.39 is 0 Å². The van der Waals surface area contributed by atoms with Gasteiger partial charge in [0.2, 0.25) is 5.91 Å². The van der Waals surface area contributed by atoms with E-state index in [9.17, 15) is 4.79 Å². The number of aromatic nitrogens is 4. The van der Waals surface area contributed by atoms with Crippen LogP contribution in [-0.4, -0.2) is 25.7 Å². The predicted octanol–water partition coefficient (Wildman–Crippen LogP) is 1.10. The smallest absolute Gasteiger partial charge is 0.223 e. The van der Waals surface area contributed by atoms with Crippen molar-refractivity contribution in [1.82, 2.24) is 25.1 Å². The zero-order valence-corrected chi connectivity index (χ0v) is 11.8. The molecule has 0 bridgehead atoms. The third-order valence-electron chi connectivity index (χ3n) is 4.06. The van der Waals surface area contributed by atoms with E-state index in [1.807, 2.05) is 26.4 Å². The van der Waals surface area contributed by atoms with Crippen LogP contribution in [-0.2, 0) is 24.3 Å². The summed E-state index contributed by atoms with van der Waals surface area (Å²) < 4.78 is 2.12. The van der Waals surface area contributed by atoms with Gasteiger partial charge in [-0.1, -0.05) is 0 Å². The van der Waals surface area contributed by atoms with Gasteiger partial charge in [0.25, 0.3) is 0 Å². The summed E-state index contributed by atoms with van der Waals surface area (Å²) in [6.45, 7) is 5.34. The number of rotatable bonds is 3. The number of hydrogen-bond acceptors (Lipinski definition) is 3. The molecule has 106 valence electrons. The lowest BCUT2D eigenvalue weighted by Gasteiger charge is -2.23. The molecule has 1 aliphatic heterocycles. The fraction of sp³-hybridized carbons (Fsp3) is 0.500. The van der Waals surface area contributed by atoms with Crippen molar-refractivity contribution in [2.75, 3.05) is 0 Å². The van der Waals surface area contributed by atoms with Gasteiger partial charge in [-0.15, -0.1) is 0 Å². The molecule has 3 heterocycles. The summed E-state index contributed by atoms with van der Waals surface area (Å²) in [6.07, 6.45) is 5.33. The molecule has 1 atom stereocenters. The highest BCUT2D eigenvalue weighted by atomic mass is 16.1. The molecule has 3 rings (SSSR count). The first-order valence-electron chi connectivity index (χ1n) is 6.92. The Balaban J connectivity index is 1.61. The van der Waals surface area contributed by atoms with Crippen LogP contribution in [0, 0.1) is 19.8 Å². The Labute approximate surface area is 117 Å². The zero-order chi connectivity index (χ0) is 14.1. The van der Waals surface area contributed by atoms with Crippen molar-refractivity contribution in [1.29, 1.82) is 0 Å². The molecule has 6 nitrogen and oxygen atoms in total. The molecular weight excluding hydrogens is 254 g/mol. The Hall–Kier alpha value is -2.11. The SMILES string of the molecule is Cc1n[nH]c(C)c1CNC(=O)C1CCn2cncc2C1. The Bertz CT molecular complexity index is 608. The summed E-state index contributed by atoms with van der Waals surface area (Å²) in [5, 5.41) is 10.1. The van der Waals surface area contributed by atoms with Gasteiger partial charge in [0, 0.05) is 48.6 Å². The lowest BCUT2D eigenvalue weighted by molar-refractivity contribution is -0.125. The lowest BCUT2D eigenvalue weighted by Crippen LogP contribution is -2.35. The fourth-order valence-electron chi connectivity index (χ4n) is 2.75. The van der Waals surface area contributed by atoms with Crippen molar-refractivity contribution in [3.8, 4) is 0 Å². The van der Waals surface area contributed by atoms with E-state index in [0.717, 1.165) is 42.0 Å². The minimum absolute atomic E-state index is 0.0479. The first kappa shape index (κ1) is 12.9. The predicted molar refractivity (Wildman–Crippen MR) is 73.9 cm³/mol. The zero-order valence-electron chi connectivity index (χ0n) is 11.8. The number of imidazole rings is 1. The Morgan fingerprint density at radius 3 is 3.15 bits per heavy atom. The van der Waals surface area contributed by atoms with Gasteiger partial charge >= 0.3 is 0 Å². The van der Waals surface area contributed by atoms with Gasteiger partial charge in [-0.25, -0.2) is 4.98 Å². The van der Waals surface area contributed by atoms with E-state index in [4.69, 9.17) is 0 Å². The molecule has 2 aromatic rings. The first-order chi connectivity index (χ1) is 9.65. The molecular formula is C14H19N5O. The molecule has 0 aromatic carbocycles. The molecule has 20 heavy (non-hydrogen) atoms. The van der Waals surface area contributed by atoms with Crippen molar-refractivity contribution >= 4 is 5.91 Å². The summed E-state index contributed by atoms with van der Waals surface area (Å²) in [7, 11) is 0. The molecule has 0 saturated carbocycles. The highest BCUT2D eigenvalue weighted by molar-refractivity contribution is 5.79. The molecule has 1 amide bonds. The largest absolute Gasteiger partial charge is 0.352 e. The van der Waals surface area contributed by atoms with Gasteiger partial charge in [0.1, 0.15) is 0 Å². The van der Waals surface area contributed by atoms with Gasteiger partial charge in [0.15, 0.2) is 0 Å². The third-order valence-corrected chi connectivity index (χ3v) is 4.06. The summed E-state index contributed by atoms with van der Waals surface area (Å²) in [6, 6.07) is 0. The average Bonchev–Trinajstić information content (AvgIpc) is 3.03. The highest BCUT2D eigenvalue weighted by Crippen LogP contribution is 2.20. The van der Waals surface area contributed by atoms with Crippen LogP contribution >= 0.6 is 0 Å². The molecule has 2 N–H and O–H groups in total. The third kappa shape index (κ3) is 2.33. The number of H-pyrrole nitrogens is 1. The molecule has 0 radical (unpaired) electrons. The van der Waals surface area contributed by atoms with Crippen LogP contribution < -0.4 is 5.32 Å². The number of hydrogen-bond donors (Lipinski definition) is 2. The minimum atomic E-state index is 0.0479. The maximum absolute atomic E-state index is 12.3. The van der Waals surface area contributed by atoms with Crippen LogP contribution in [0.1, 0.15) is 29.1 Å². The molecule has 0 saturated heterocycles. The number of nitrogens with one attached hydrogen (secondary N) is 2. The topological polar surface area (TPSA) is 75.6 Å². The van der Waals surface area contributed by atoms with Crippen molar-refractivity contribution < 1.29 is 4.79 Å². The lowest BCUT2D eigenvalue weighted by atomic mass is 9.95. The Kier molecular flexibility index (Phi) is 3.30. The molecule has 0 fully saturated rings. The molecule has 0 aliphatic carbocycles. The van der Waals surface area contributed by atoms with Crippen LogP contribution in [0.15, 0.2) is 12.5 Å². The molecule has 2 aromatic heterocycles. The number of amides is 1. The van der Waals surface area contributed by atoms with E-state index in [-0.39, 0.29) is 11.8 Å². The van der Waals surface area contributed by atoms with Crippen molar-refractivity contribution in [2.45, 2.75) is 39.8 Å². The first-order valence-corrected chi connectivity index (χ1v) is 6.92. The van der Waals surface area contributed by atoms with Crippen molar-refractivity contribution in [3.05, 3.63) is 35.2 Å². The summed E-state index contributed by atoms with van der Waals surface area (Å²) in [5.41, 5.74) is 4.19. The van der Waals surface area contributed by atoms with Crippen LogP contribution in [0.5, 0.6) is 0 Å². The van der Waals surface area contributed by atoms with E-state index in [0.29, 0.717) is 6.54 Å². The second-order valence-electron chi connectivity index (χ2n) is 5.40. The van der Waals surface area contributed by atoms with Gasteiger partial charge in [-0.2, -0.15) is 5.10 Å². The van der Waals surface area contributed by atoms with E-state index in [1.54, 1.807) is 0 Å². The van der Waals surface area contributed by atoms with Crippen LogP contribution in [0.2, 0.25) is 0 Å². The van der Waals surface area contributed by atoms with Crippen molar-refractivity contribution in [3.63, 3.8) is 0 Å². The second kappa shape index (κ2) is 5.11. The molecule has 1 unspecified atom stereocenters. The second-order valence-corrected chi connectivity index (χ2v) is 5.40. The average molecular weight is 273 g/mol. The Morgan fingerprint density at radius 1 is 1.55 bits per heavy atom. The van der Waals surface area contributed by atoms with Crippen molar-refractivity contribution in [2.24, 2.45) is 5.92 Å². The number of carbonyl (C=O) groups is 1. The summed E-state index contributed by atoms with van der Waals surface area (Å²) >= 11 is 0. The monoisotopic (exact) mass is 273 g/mol. The van der Waals surface area contributed by atoms with Gasteiger partial charge in [0.05, 0.1) is 12.0 Å². The standard InChI is InChI=1S/C14H19N5O/c1-9-13(10(2)18-17-9)7-16-14(20)11-3-4-19-8-15-6-12(19)5-11/h6,8,11H,3-5,7H2,1-2H3,(H,16,20)(H,17,18). The maximum Gasteiger partial charge on any atom is 0.223 e. The maximum atomic E-state index is 12.3. The molecule has 1 aliphatic rings. The number of aryl methyl sites for hydroxylation is 3. The van der Waals surface area contributed by atoms with E-state index in [2.05, 4.69) is 25.1 Å². The van der Waals surface area contributed by atoms with Gasteiger partial charge in [-0.05, 0) is 20.3 Å². The minimum Gasteiger partial charge on any atom is -0.352 e. The summed E-state index contributed by atoms with van der Waals surface area (Å²) in [4.78, 5) is 16.4. The van der Waals surface area contributed by atoms with Gasteiger partial charge in [-0.3, -0.25) is 9.89 Å². The molecule has 6 heteroatoms. The quantitative estimate of drug-likeness (QED) is 0.879.